The van der Waals surface area contributed by atoms with Crippen molar-refractivity contribution in [2.24, 2.45) is 0 Å². The van der Waals surface area contributed by atoms with Gasteiger partial charge in [-0.05, 0) is 55.7 Å². The van der Waals surface area contributed by atoms with Gasteiger partial charge >= 0.3 is 0 Å². The number of hydrogen-bond donors (Lipinski definition) is 0. The van der Waals surface area contributed by atoms with E-state index in [-0.39, 0.29) is 0 Å². The van der Waals surface area contributed by atoms with E-state index in [9.17, 15) is 0 Å². The van der Waals surface area contributed by atoms with E-state index in [1.807, 2.05) is 12.3 Å². The molecule has 0 fully saturated rings. The van der Waals surface area contributed by atoms with Crippen LogP contribution in [0, 0.1) is 6.42 Å². The minimum Gasteiger partial charge on any atom is -0.261 e. The summed E-state index contributed by atoms with van der Waals surface area (Å²) in [7, 11) is 0. The molecule has 0 spiro atoms. The molecule has 0 unspecified atom stereocenters. The Kier molecular flexibility index (Phi) is 6.18. The Morgan fingerprint density at radius 2 is 1.46 bits per heavy atom. The Labute approximate surface area is 145 Å². The summed E-state index contributed by atoms with van der Waals surface area (Å²) >= 11 is 0. The smallest absolute Gasteiger partial charge is 0.0481 e. The summed E-state index contributed by atoms with van der Waals surface area (Å²) in [5.74, 6) is 0. The van der Waals surface area contributed by atoms with E-state index >= 15 is 0 Å². The number of hydrogen-bond acceptors (Lipinski definition) is 1. The highest BCUT2D eigenvalue weighted by atomic mass is 14.7. The first kappa shape index (κ1) is 16.4. The zero-order chi connectivity index (χ0) is 16.5. The average molecular weight is 314 g/mol. The molecule has 0 atom stereocenters. The fourth-order valence-corrected chi connectivity index (χ4v) is 3.00. The molecule has 3 aromatic rings. The van der Waals surface area contributed by atoms with Crippen LogP contribution in [0.2, 0.25) is 0 Å². The van der Waals surface area contributed by atoms with E-state index < -0.39 is 0 Å². The molecule has 0 aliphatic rings. The zero-order valence-electron chi connectivity index (χ0n) is 14.1. The van der Waals surface area contributed by atoms with E-state index in [1.54, 1.807) is 0 Å². The third kappa shape index (κ3) is 4.79. The Morgan fingerprint density at radius 1 is 0.708 bits per heavy atom. The molecule has 1 aromatic heterocycles. The molecular weight excluding hydrogens is 290 g/mol. The predicted octanol–water partition coefficient (Wildman–Crippen LogP) is 5.91. The van der Waals surface area contributed by atoms with E-state index in [4.69, 9.17) is 0 Å². The molecule has 2 aromatic carbocycles. The number of aryl methyl sites for hydroxylation is 2. The van der Waals surface area contributed by atoms with E-state index in [1.165, 1.54) is 35.2 Å². The van der Waals surface area contributed by atoms with Crippen LogP contribution in [0.3, 0.4) is 0 Å². The monoisotopic (exact) mass is 314 g/mol. The second-order valence-electron chi connectivity index (χ2n) is 6.07. The maximum atomic E-state index is 4.60. The first-order valence-corrected chi connectivity index (χ1v) is 8.78. The number of unbranched alkanes of at least 4 members (excludes halogenated alkanes) is 3. The molecule has 3 rings (SSSR count). The lowest BCUT2D eigenvalue weighted by atomic mass is 10.00. The number of aromatic nitrogens is 1. The molecule has 1 radical (unpaired) electrons. The van der Waals surface area contributed by atoms with Crippen molar-refractivity contribution < 1.29 is 0 Å². The molecule has 0 amide bonds. The van der Waals surface area contributed by atoms with Crippen molar-refractivity contribution in [2.75, 3.05) is 0 Å². The van der Waals surface area contributed by atoms with Crippen LogP contribution in [0.1, 0.15) is 30.5 Å². The van der Waals surface area contributed by atoms with Gasteiger partial charge in [0.2, 0.25) is 0 Å². The van der Waals surface area contributed by atoms with Gasteiger partial charge in [0.05, 0.1) is 0 Å². The lowest BCUT2D eigenvalue weighted by Gasteiger charge is -2.08. The summed E-state index contributed by atoms with van der Waals surface area (Å²) in [4.78, 5) is 4.60. The molecule has 0 aliphatic carbocycles. The van der Waals surface area contributed by atoms with Gasteiger partial charge < -0.3 is 0 Å². The summed E-state index contributed by atoms with van der Waals surface area (Å²) in [5.41, 5.74) is 5.14. The van der Waals surface area contributed by atoms with Gasteiger partial charge in [0.1, 0.15) is 0 Å². The van der Waals surface area contributed by atoms with Crippen molar-refractivity contribution in [3.63, 3.8) is 0 Å². The molecule has 1 nitrogen and oxygen atoms in total. The van der Waals surface area contributed by atoms with E-state index in [2.05, 4.69) is 78.1 Å². The third-order valence-electron chi connectivity index (χ3n) is 4.28. The number of benzene rings is 2. The summed E-state index contributed by atoms with van der Waals surface area (Å²) in [6.45, 7) is 0. The Morgan fingerprint density at radius 3 is 2.25 bits per heavy atom. The summed E-state index contributed by atoms with van der Waals surface area (Å²) in [6.07, 6.45) is 9.96. The zero-order valence-corrected chi connectivity index (χ0v) is 14.1. The summed E-state index contributed by atoms with van der Waals surface area (Å²) in [5, 5.41) is 0. The second-order valence-corrected chi connectivity index (χ2v) is 6.07. The van der Waals surface area contributed by atoms with Crippen molar-refractivity contribution >= 4 is 0 Å². The highest BCUT2D eigenvalue weighted by Gasteiger charge is 2.05. The van der Waals surface area contributed by atoms with Crippen LogP contribution >= 0.6 is 0 Å². The van der Waals surface area contributed by atoms with Crippen molar-refractivity contribution in [3.8, 4) is 11.1 Å². The largest absolute Gasteiger partial charge is 0.261 e. The van der Waals surface area contributed by atoms with Crippen molar-refractivity contribution in [1.29, 1.82) is 0 Å². The third-order valence-corrected chi connectivity index (χ3v) is 4.28. The van der Waals surface area contributed by atoms with Crippen molar-refractivity contribution in [1.82, 2.24) is 4.98 Å². The summed E-state index contributed by atoms with van der Waals surface area (Å²) < 4.78 is 0. The van der Waals surface area contributed by atoms with Gasteiger partial charge in [-0.3, -0.25) is 4.98 Å². The van der Waals surface area contributed by atoms with Crippen LogP contribution < -0.4 is 0 Å². The standard InChI is InChI=1S/C23H24N/c1(5-12-20-13-6-3-7-14-20)2-10-18-23-22(17-11-19-24-23)21-15-8-4-9-16-21/h2-4,6-9,11,13-17,19H,1,5,10,12,18H2. The van der Waals surface area contributed by atoms with Crippen molar-refractivity contribution in [3.05, 3.63) is 96.7 Å². The Hall–Kier alpha value is -2.41. The molecule has 1 heteroatoms. The average Bonchev–Trinajstić information content (AvgIpc) is 2.66. The second kappa shape index (κ2) is 9.02. The highest BCUT2D eigenvalue weighted by Crippen LogP contribution is 2.23. The van der Waals surface area contributed by atoms with Gasteiger partial charge in [0, 0.05) is 17.5 Å². The van der Waals surface area contributed by atoms with Gasteiger partial charge in [-0.15, -0.1) is 0 Å². The molecule has 0 aliphatic heterocycles. The van der Waals surface area contributed by atoms with Gasteiger partial charge in [-0.2, -0.15) is 0 Å². The molecule has 0 N–H and O–H groups in total. The molecule has 1 heterocycles. The van der Waals surface area contributed by atoms with Gasteiger partial charge in [0.25, 0.3) is 0 Å². The topological polar surface area (TPSA) is 12.9 Å². The van der Waals surface area contributed by atoms with Gasteiger partial charge in [-0.1, -0.05) is 66.7 Å². The first-order chi connectivity index (χ1) is 11.9. The van der Waals surface area contributed by atoms with Crippen LogP contribution in [0.15, 0.2) is 79.0 Å². The Balaban J connectivity index is 1.46. The molecule has 0 bridgehead atoms. The van der Waals surface area contributed by atoms with E-state index in [0.29, 0.717) is 0 Å². The Bertz CT molecular complexity index is 719. The quantitative estimate of drug-likeness (QED) is 0.471. The van der Waals surface area contributed by atoms with Crippen LogP contribution in [0.5, 0.6) is 0 Å². The minimum absolute atomic E-state index is 1.01. The number of nitrogens with zero attached hydrogens (tertiary/aromatic N) is 1. The molecule has 0 saturated carbocycles. The van der Waals surface area contributed by atoms with E-state index in [0.717, 1.165) is 19.3 Å². The fourth-order valence-electron chi connectivity index (χ4n) is 3.00. The maximum Gasteiger partial charge on any atom is 0.0481 e. The number of rotatable bonds is 8. The normalized spacial score (nSPS) is 10.7. The molecule has 24 heavy (non-hydrogen) atoms. The van der Waals surface area contributed by atoms with Crippen molar-refractivity contribution in [2.45, 2.75) is 32.1 Å². The lowest BCUT2D eigenvalue weighted by Crippen LogP contribution is -1.95. The van der Waals surface area contributed by atoms with Crippen LogP contribution in [-0.2, 0) is 12.8 Å². The van der Waals surface area contributed by atoms with Gasteiger partial charge in [-0.25, -0.2) is 0 Å². The lowest BCUT2D eigenvalue weighted by molar-refractivity contribution is 0.754. The fraction of sp³-hybridized carbons (Fsp3) is 0.217. The van der Waals surface area contributed by atoms with Crippen LogP contribution in [0.4, 0.5) is 0 Å². The van der Waals surface area contributed by atoms with Crippen LogP contribution in [0.25, 0.3) is 11.1 Å². The van der Waals surface area contributed by atoms with Gasteiger partial charge in [0.15, 0.2) is 0 Å². The highest BCUT2D eigenvalue weighted by molar-refractivity contribution is 5.65. The molecule has 121 valence electrons. The maximum absolute atomic E-state index is 4.60. The predicted molar refractivity (Wildman–Crippen MR) is 102 cm³/mol. The molecule has 0 saturated heterocycles. The first-order valence-electron chi connectivity index (χ1n) is 8.78. The molecular formula is C23H24N. The SMILES string of the molecule is [CH](CCCc1ccccc1)CCc1ncccc1-c1ccccc1. The van der Waals surface area contributed by atoms with Crippen LogP contribution in [-0.4, -0.2) is 4.98 Å². The summed E-state index contributed by atoms with van der Waals surface area (Å²) in [6, 6.07) is 25.5. The number of pyridine rings is 1. The minimum atomic E-state index is 1.01.